The lowest BCUT2D eigenvalue weighted by atomic mass is 10.1. The molecular weight excluding hydrogens is 371 g/mol. The average molecular weight is 393 g/mol. The quantitative estimate of drug-likeness (QED) is 0.754. The number of amides is 1. The third-order valence-corrected chi connectivity index (χ3v) is 5.79. The maximum atomic E-state index is 13.6. The highest BCUT2D eigenvalue weighted by atomic mass is 35.5. The Morgan fingerprint density at radius 2 is 1.88 bits per heavy atom. The molecule has 2 aromatic carbocycles. The maximum Gasteiger partial charge on any atom is 0.232 e. The lowest BCUT2D eigenvalue weighted by molar-refractivity contribution is -0.128. The molecule has 0 spiro atoms. The molecule has 0 aliphatic carbocycles. The van der Waals surface area contributed by atoms with Crippen LogP contribution in [0.2, 0.25) is 5.02 Å². The second-order valence-electron chi connectivity index (χ2n) is 6.38. The van der Waals surface area contributed by atoms with E-state index in [2.05, 4.69) is 11.8 Å². The molecule has 3 rings (SSSR count). The van der Waals surface area contributed by atoms with Crippen LogP contribution in [-0.4, -0.2) is 42.7 Å². The third-order valence-electron chi connectivity index (χ3n) is 4.59. The number of benzene rings is 2. The van der Waals surface area contributed by atoms with E-state index in [0.717, 1.165) is 23.8 Å². The first-order valence-electron chi connectivity index (χ1n) is 8.64. The monoisotopic (exact) mass is 392 g/mol. The second kappa shape index (κ2) is 8.78. The molecular formula is C20H22ClFN2OS. The number of aryl methyl sites for hydroxylation is 1. The molecule has 1 aliphatic heterocycles. The number of anilines is 1. The van der Waals surface area contributed by atoms with Gasteiger partial charge < -0.3 is 9.80 Å². The number of rotatable bonds is 5. The molecule has 1 heterocycles. The van der Waals surface area contributed by atoms with Crippen molar-refractivity contribution < 1.29 is 9.18 Å². The number of thioether (sulfide) groups is 1. The van der Waals surface area contributed by atoms with Crippen molar-refractivity contribution >= 4 is 35.0 Å². The zero-order valence-electron chi connectivity index (χ0n) is 14.8. The number of hydrogen-bond acceptors (Lipinski definition) is 3. The van der Waals surface area contributed by atoms with Crippen LogP contribution in [0, 0.1) is 12.7 Å². The molecule has 26 heavy (non-hydrogen) atoms. The van der Waals surface area contributed by atoms with Crippen LogP contribution in [0.5, 0.6) is 0 Å². The molecule has 1 fully saturated rings. The first-order valence-corrected chi connectivity index (χ1v) is 10.2. The molecule has 0 aromatic heterocycles. The predicted molar refractivity (Wildman–Crippen MR) is 108 cm³/mol. The first-order chi connectivity index (χ1) is 12.5. The van der Waals surface area contributed by atoms with E-state index in [-0.39, 0.29) is 11.7 Å². The van der Waals surface area contributed by atoms with Gasteiger partial charge in [0.05, 0.1) is 5.75 Å². The molecule has 0 unspecified atom stereocenters. The molecule has 0 saturated carbocycles. The number of halogens is 2. The van der Waals surface area contributed by atoms with Crippen molar-refractivity contribution in [3.8, 4) is 0 Å². The lowest BCUT2D eigenvalue weighted by Gasteiger charge is -2.37. The van der Waals surface area contributed by atoms with Crippen molar-refractivity contribution in [1.82, 2.24) is 4.90 Å². The van der Waals surface area contributed by atoms with Gasteiger partial charge in [-0.3, -0.25) is 4.79 Å². The van der Waals surface area contributed by atoms with Crippen LogP contribution < -0.4 is 4.90 Å². The largest absolute Gasteiger partial charge is 0.368 e. The summed E-state index contributed by atoms with van der Waals surface area (Å²) >= 11 is 7.57. The Balaban J connectivity index is 1.48. The molecule has 0 atom stereocenters. The summed E-state index contributed by atoms with van der Waals surface area (Å²) in [7, 11) is 0. The van der Waals surface area contributed by atoms with Crippen molar-refractivity contribution in [3.05, 3.63) is 64.4 Å². The minimum Gasteiger partial charge on any atom is -0.368 e. The highest BCUT2D eigenvalue weighted by Gasteiger charge is 2.22. The summed E-state index contributed by atoms with van der Waals surface area (Å²) in [5.74, 6) is 0.803. The van der Waals surface area contributed by atoms with Crippen LogP contribution in [0.4, 0.5) is 10.1 Å². The molecule has 1 amide bonds. The molecule has 1 aliphatic rings. The molecule has 6 heteroatoms. The van der Waals surface area contributed by atoms with Crippen LogP contribution in [0.25, 0.3) is 0 Å². The van der Waals surface area contributed by atoms with E-state index in [4.69, 9.17) is 11.6 Å². The minimum atomic E-state index is -0.210. The van der Waals surface area contributed by atoms with Crippen molar-refractivity contribution in [2.45, 2.75) is 12.7 Å². The predicted octanol–water partition coefficient (Wildman–Crippen LogP) is 4.37. The van der Waals surface area contributed by atoms with Gasteiger partial charge >= 0.3 is 0 Å². The maximum absolute atomic E-state index is 13.6. The van der Waals surface area contributed by atoms with E-state index >= 15 is 0 Å². The van der Waals surface area contributed by atoms with Gasteiger partial charge in [0.1, 0.15) is 5.82 Å². The van der Waals surface area contributed by atoms with Gasteiger partial charge in [-0.25, -0.2) is 4.39 Å². The Labute approximate surface area is 163 Å². The van der Waals surface area contributed by atoms with E-state index in [0.29, 0.717) is 30.2 Å². The number of carbonyl (C=O) groups is 1. The topological polar surface area (TPSA) is 23.6 Å². The van der Waals surface area contributed by atoms with Gasteiger partial charge in [-0.1, -0.05) is 35.9 Å². The Kier molecular flexibility index (Phi) is 6.43. The van der Waals surface area contributed by atoms with Crippen LogP contribution in [-0.2, 0) is 10.5 Å². The van der Waals surface area contributed by atoms with Crippen molar-refractivity contribution in [1.29, 1.82) is 0 Å². The van der Waals surface area contributed by atoms with Crippen LogP contribution in [0.1, 0.15) is 11.1 Å². The van der Waals surface area contributed by atoms with E-state index in [1.165, 1.54) is 23.4 Å². The van der Waals surface area contributed by atoms with Crippen molar-refractivity contribution in [2.75, 3.05) is 36.8 Å². The molecule has 1 saturated heterocycles. The lowest BCUT2D eigenvalue weighted by Crippen LogP contribution is -2.49. The number of nitrogens with zero attached hydrogens (tertiary/aromatic N) is 2. The molecule has 0 bridgehead atoms. The van der Waals surface area contributed by atoms with Crippen LogP contribution in [0.15, 0.2) is 42.5 Å². The standard InChI is InChI=1S/C20H22ClFN2OS/c1-15-6-7-17(21)12-19(15)23-8-10-24(11-9-23)20(25)14-26-13-16-4-2-3-5-18(16)22/h2-7,12H,8-11,13-14H2,1H3. The fourth-order valence-electron chi connectivity index (χ4n) is 3.08. The summed E-state index contributed by atoms with van der Waals surface area (Å²) in [4.78, 5) is 16.6. The summed E-state index contributed by atoms with van der Waals surface area (Å²) in [6.07, 6.45) is 0. The highest BCUT2D eigenvalue weighted by molar-refractivity contribution is 7.99. The zero-order valence-corrected chi connectivity index (χ0v) is 16.3. The molecule has 0 N–H and O–H groups in total. The van der Waals surface area contributed by atoms with E-state index in [1.807, 2.05) is 29.2 Å². The van der Waals surface area contributed by atoms with Crippen LogP contribution >= 0.6 is 23.4 Å². The van der Waals surface area contributed by atoms with Crippen molar-refractivity contribution in [2.24, 2.45) is 0 Å². The normalized spacial score (nSPS) is 14.6. The van der Waals surface area contributed by atoms with Crippen molar-refractivity contribution in [3.63, 3.8) is 0 Å². The van der Waals surface area contributed by atoms with Crippen LogP contribution in [0.3, 0.4) is 0 Å². The highest BCUT2D eigenvalue weighted by Crippen LogP contribution is 2.25. The summed E-state index contributed by atoms with van der Waals surface area (Å²) < 4.78 is 13.6. The van der Waals surface area contributed by atoms with E-state index < -0.39 is 0 Å². The Morgan fingerprint density at radius 1 is 1.15 bits per heavy atom. The number of carbonyl (C=O) groups excluding carboxylic acids is 1. The van der Waals surface area contributed by atoms with Gasteiger partial charge in [0.2, 0.25) is 5.91 Å². The fraction of sp³-hybridized carbons (Fsp3) is 0.350. The van der Waals surface area contributed by atoms with Gasteiger partial charge in [0.15, 0.2) is 0 Å². The van der Waals surface area contributed by atoms with E-state index in [9.17, 15) is 9.18 Å². The molecule has 2 aromatic rings. The fourth-order valence-corrected chi connectivity index (χ4v) is 4.15. The van der Waals surface area contributed by atoms with Gasteiger partial charge in [-0.15, -0.1) is 11.8 Å². The third kappa shape index (κ3) is 4.71. The summed E-state index contributed by atoms with van der Waals surface area (Å²) in [6.45, 7) is 5.06. The van der Waals surface area contributed by atoms with Gasteiger partial charge in [-0.05, 0) is 36.2 Å². The van der Waals surface area contributed by atoms with Gasteiger partial charge in [0.25, 0.3) is 0 Å². The number of piperazine rings is 1. The SMILES string of the molecule is Cc1ccc(Cl)cc1N1CCN(C(=O)CSCc2ccccc2F)CC1. The summed E-state index contributed by atoms with van der Waals surface area (Å²) in [6, 6.07) is 12.6. The first kappa shape index (κ1) is 19.1. The zero-order chi connectivity index (χ0) is 18.5. The number of hydrogen-bond donors (Lipinski definition) is 0. The molecule has 138 valence electrons. The van der Waals surface area contributed by atoms with Gasteiger partial charge in [-0.2, -0.15) is 0 Å². The average Bonchev–Trinajstić information content (AvgIpc) is 2.65. The smallest absolute Gasteiger partial charge is 0.232 e. The second-order valence-corrected chi connectivity index (χ2v) is 7.80. The molecule has 3 nitrogen and oxygen atoms in total. The summed E-state index contributed by atoms with van der Waals surface area (Å²) in [5.41, 5.74) is 2.97. The van der Waals surface area contributed by atoms with E-state index in [1.54, 1.807) is 12.1 Å². The Morgan fingerprint density at radius 3 is 2.62 bits per heavy atom. The van der Waals surface area contributed by atoms with Gasteiger partial charge in [0, 0.05) is 42.6 Å². The Hall–Kier alpha value is -1.72. The summed E-state index contributed by atoms with van der Waals surface area (Å²) in [5, 5.41) is 0.730. The molecule has 0 radical (unpaired) electrons. The Bertz CT molecular complexity index is 778. The minimum absolute atomic E-state index is 0.119.